The highest BCUT2D eigenvalue weighted by atomic mass is 35.5. The lowest BCUT2D eigenvalue weighted by Crippen LogP contribution is -2.20. The van der Waals surface area contributed by atoms with E-state index in [2.05, 4.69) is 10.1 Å². The van der Waals surface area contributed by atoms with Gasteiger partial charge in [0.1, 0.15) is 0 Å². The summed E-state index contributed by atoms with van der Waals surface area (Å²) in [5.41, 5.74) is 0.425. The van der Waals surface area contributed by atoms with Gasteiger partial charge >= 0.3 is 5.97 Å². The Bertz CT molecular complexity index is 435. The summed E-state index contributed by atoms with van der Waals surface area (Å²) in [6.45, 7) is 1.32. The Labute approximate surface area is 109 Å². The number of rotatable bonds is 4. The highest BCUT2D eigenvalue weighted by Crippen LogP contribution is 2.25. The molecule has 0 atom stereocenters. The van der Waals surface area contributed by atoms with Crippen LogP contribution in [0.2, 0.25) is 10.0 Å². The summed E-state index contributed by atoms with van der Waals surface area (Å²) >= 11 is 11.6. The average molecular weight is 276 g/mol. The molecule has 6 heteroatoms. The Morgan fingerprint density at radius 2 is 2.06 bits per heavy atom. The van der Waals surface area contributed by atoms with Crippen LogP contribution in [0, 0.1) is 0 Å². The van der Waals surface area contributed by atoms with Gasteiger partial charge in [0.2, 0.25) is 0 Å². The van der Waals surface area contributed by atoms with Crippen LogP contribution in [-0.4, -0.2) is 18.5 Å². The molecular formula is C11H11Cl2NO3. The lowest BCUT2D eigenvalue weighted by Gasteiger charge is -2.07. The fourth-order valence-corrected chi connectivity index (χ4v) is 1.48. The molecular weight excluding hydrogens is 265 g/mol. The van der Waals surface area contributed by atoms with Crippen molar-refractivity contribution in [3.05, 3.63) is 28.2 Å². The molecule has 0 aliphatic rings. The Hall–Kier alpha value is -1.26. The minimum absolute atomic E-state index is 0.231. The lowest BCUT2D eigenvalue weighted by molar-refractivity contribution is -0.146. The Kier molecular flexibility index (Phi) is 5.25. The van der Waals surface area contributed by atoms with Gasteiger partial charge in [0.25, 0.3) is 5.91 Å². The fourth-order valence-electron chi connectivity index (χ4n) is 1.03. The molecule has 0 heterocycles. The zero-order valence-electron chi connectivity index (χ0n) is 9.13. The number of halogens is 2. The molecule has 0 bridgehead atoms. The third kappa shape index (κ3) is 4.63. The quantitative estimate of drug-likeness (QED) is 0.860. The van der Waals surface area contributed by atoms with Crippen molar-refractivity contribution in [3.63, 3.8) is 0 Å². The van der Waals surface area contributed by atoms with Gasteiger partial charge in [-0.05, 0) is 18.2 Å². The van der Waals surface area contributed by atoms with E-state index in [0.29, 0.717) is 15.7 Å². The number of hydrogen-bond donors (Lipinski definition) is 1. The number of nitrogens with one attached hydrogen (secondary N) is 1. The van der Waals surface area contributed by atoms with Crippen LogP contribution < -0.4 is 5.32 Å². The van der Waals surface area contributed by atoms with Crippen LogP contribution in [-0.2, 0) is 14.3 Å². The molecule has 1 amide bonds. The number of carbonyl (C=O) groups is 2. The Balaban J connectivity index is 2.53. The van der Waals surface area contributed by atoms with Crippen molar-refractivity contribution in [1.82, 2.24) is 0 Å². The van der Waals surface area contributed by atoms with Crippen LogP contribution in [0.5, 0.6) is 0 Å². The first-order valence-corrected chi connectivity index (χ1v) is 5.69. The van der Waals surface area contributed by atoms with Crippen LogP contribution in [0.1, 0.15) is 13.3 Å². The van der Waals surface area contributed by atoms with E-state index in [1.165, 1.54) is 6.07 Å². The molecule has 17 heavy (non-hydrogen) atoms. The van der Waals surface area contributed by atoms with E-state index in [4.69, 9.17) is 23.2 Å². The first-order chi connectivity index (χ1) is 8.02. The van der Waals surface area contributed by atoms with Gasteiger partial charge in [-0.2, -0.15) is 0 Å². The highest BCUT2D eigenvalue weighted by molar-refractivity contribution is 6.36. The van der Waals surface area contributed by atoms with Crippen molar-refractivity contribution in [2.24, 2.45) is 0 Å². The number of hydrogen-bond acceptors (Lipinski definition) is 3. The van der Waals surface area contributed by atoms with Gasteiger partial charge in [-0.15, -0.1) is 0 Å². The number of benzene rings is 1. The predicted molar refractivity (Wildman–Crippen MR) is 66.3 cm³/mol. The third-order valence-electron chi connectivity index (χ3n) is 1.86. The molecule has 0 aromatic heterocycles. The minimum atomic E-state index is -0.448. The second kappa shape index (κ2) is 6.47. The molecule has 4 nitrogen and oxygen atoms in total. The summed E-state index contributed by atoms with van der Waals surface area (Å²) in [6, 6.07) is 4.68. The molecule has 1 aromatic rings. The third-order valence-corrected chi connectivity index (χ3v) is 2.41. The fraction of sp³-hybridized carbons (Fsp3) is 0.273. The second-order valence-corrected chi connectivity index (χ2v) is 4.03. The van der Waals surface area contributed by atoms with E-state index >= 15 is 0 Å². The van der Waals surface area contributed by atoms with Crippen LogP contribution in [0.25, 0.3) is 0 Å². The van der Waals surface area contributed by atoms with E-state index in [0.717, 1.165) is 0 Å². The Morgan fingerprint density at radius 3 is 2.65 bits per heavy atom. The molecule has 0 unspecified atom stereocenters. The van der Waals surface area contributed by atoms with Crippen LogP contribution in [0.4, 0.5) is 5.69 Å². The van der Waals surface area contributed by atoms with E-state index in [9.17, 15) is 9.59 Å². The van der Waals surface area contributed by atoms with Gasteiger partial charge in [0.15, 0.2) is 6.61 Å². The number of esters is 1. The Morgan fingerprint density at radius 1 is 1.35 bits per heavy atom. The summed E-state index contributed by atoms with van der Waals surface area (Å²) < 4.78 is 4.67. The number of anilines is 1. The summed E-state index contributed by atoms with van der Waals surface area (Å²) in [6.07, 6.45) is 0.231. The van der Waals surface area contributed by atoms with Gasteiger partial charge in [-0.25, -0.2) is 0 Å². The van der Waals surface area contributed by atoms with Gasteiger partial charge in [-0.3, -0.25) is 9.59 Å². The second-order valence-electron chi connectivity index (χ2n) is 3.19. The predicted octanol–water partition coefficient (Wildman–Crippen LogP) is 2.89. The average Bonchev–Trinajstić information content (AvgIpc) is 2.29. The SMILES string of the molecule is CCC(=O)OCC(=O)Nc1ccc(Cl)cc1Cl. The van der Waals surface area contributed by atoms with Crippen molar-refractivity contribution in [2.75, 3.05) is 11.9 Å². The molecule has 1 N–H and O–H groups in total. The van der Waals surface area contributed by atoms with Gasteiger partial charge in [-0.1, -0.05) is 30.1 Å². The molecule has 0 fully saturated rings. The summed E-state index contributed by atoms with van der Waals surface area (Å²) in [7, 11) is 0. The molecule has 0 aliphatic heterocycles. The first-order valence-electron chi connectivity index (χ1n) is 4.93. The number of carbonyl (C=O) groups excluding carboxylic acids is 2. The lowest BCUT2D eigenvalue weighted by atomic mass is 10.3. The van der Waals surface area contributed by atoms with Crippen molar-refractivity contribution >= 4 is 40.8 Å². The van der Waals surface area contributed by atoms with E-state index in [1.54, 1.807) is 19.1 Å². The van der Waals surface area contributed by atoms with Gasteiger partial charge < -0.3 is 10.1 Å². The van der Waals surface area contributed by atoms with Crippen molar-refractivity contribution in [1.29, 1.82) is 0 Å². The zero-order valence-corrected chi connectivity index (χ0v) is 10.6. The number of amides is 1. The van der Waals surface area contributed by atoms with Crippen molar-refractivity contribution in [2.45, 2.75) is 13.3 Å². The van der Waals surface area contributed by atoms with Crippen LogP contribution in [0.3, 0.4) is 0 Å². The summed E-state index contributed by atoms with van der Waals surface area (Å²) in [4.78, 5) is 22.2. The van der Waals surface area contributed by atoms with E-state index in [1.807, 2.05) is 0 Å². The monoisotopic (exact) mass is 275 g/mol. The maximum Gasteiger partial charge on any atom is 0.306 e. The highest BCUT2D eigenvalue weighted by Gasteiger charge is 2.08. The largest absolute Gasteiger partial charge is 0.456 e. The summed E-state index contributed by atoms with van der Waals surface area (Å²) in [5, 5.41) is 3.31. The van der Waals surface area contributed by atoms with E-state index < -0.39 is 11.9 Å². The minimum Gasteiger partial charge on any atom is -0.456 e. The summed E-state index contributed by atoms with van der Waals surface area (Å²) in [5.74, 6) is -0.877. The smallest absolute Gasteiger partial charge is 0.306 e. The van der Waals surface area contributed by atoms with Crippen LogP contribution >= 0.6 is 23.2 Å². The van der Waals surface area contributed by atoms with Crippen molar-refractivity contribution in [3.8, 4) is 0 Å². The molecule has 0 aliphatic carbocycles. The van der Waals surface area contributed by atoms with Crippen LogP contribution in [0.15, 0.2) is 18.2 Å². The van der Waals surface area contributed by atoms with Gasteiger partial charge in [0.05, 0.1) is 10.7 Å². The molecule has 0 saturated heterocycles. The standard InChI is InChI=1S/C11H11Cl2NO3/c1-2-11(16)17-6-10(15)14-9-4-3-7(12)5-8(9)13/h3-5H,2,6H2,1H3,(H,14,15). The number of ether oxygens (including phenoxy) is 1. The molecule has 0 spiro atoms. The zero-order chi connectivity index (χ0) is 12.8. The first kappa shape index (κ1) is 13.8. The normalized spacial score (nSPS) is 9.82. The molecule has 0 radical (unpaired) electrons. The maximum absolute atomic E-state index is 11.4. The van der Waals surface area contributed by atoms with Crippen molar-refractivity contribution < 1.29 is 14.3 Å². The molecule has 0 saturated carbocycles. The topological polar surface area (TPSA) is 55.4 Å². The van der Waals surface area contributed by atoms with Gasteiger partial charge in [0, 0.05) is 11.4 Å². The molecule has 1 aromatic carbocycles. The molecule has 1 rings (SSSR count). The van der Waals surface area contributed by atoms with E-state index in [-0.39, 0.29) is 13.0 Å². The maximum atomic E-state index is 11.4. The molecule has 92 valence electrons.